The van der Waals surface area contributed by atoms with Gasteiger partial charge in [-0.2, -0.15) is 0 Å². The van der Waals surface area contributed by atoms with Gasteiger partial charge in [0.25, 0.3) is 5.91 Å². The van der Waals surface area contributed by atoms with E-state index in [2.05, 4.69) is 4.90 Å². The van der Waals surface area contributed by atoms with E-state index in [9.17, 15) is 4.79 Å². The minimum absolute atomic E-state index is 0.154. The maximum absolute atomic E-state index is 12.0. The van der Waals surface area contributed by atoms with E-state index >= 15 is 0 Å². The van der Waals surface area contributed by atoms with Crippen molar-refractivity contribution in [2.45, 2.75) is 18.9 Å². The molecule has 0 aromatic rings. The van der Waals surface area contributed by atoms with Crippen molar-refractivity contribution in [2.75, 3.05) is 45.9 Å². The molecule has 2 rings (SSSR count). The number of hydrogen-bond donors (Lipinski definition) is 1. The summed E-state index contributed by atoms with van der Waals surface area (Å²) in [6.07, 6.45) is 1.68. The van der Waals surface area contributed by atoms with Gasteiger partial charge in [0, 0.05) is 39.3 Å². The summed E-state index contributed by atoms with van der Waals surface area (Å²) < 4.78 is 5.40. The van der Waals surface area contributed by atoms with Crippen LogP contribution in [0.15, 0.2) is 0 Å². The lowest BCUT2D eigenvalue weighted by Gasteiger charge is -2.35. The number of ether oxygens (including phenoxy) is 1. The molecule has 2 fully saturated rings. The molecule has 0 aromatic carbocycles. The fraction of sp³-hybridized carbons (Fsp3) is 0.909. The molecule has 0 spiro atoms. The normalized spacial score (nSPS) is 27.3. The number of aliphatic hydroxyl groups is 1. The Bertz CT molecular complexity index is 233. The Labute approximate surface area is 96.0 Å². The second-order valence-corrected chi connectivity index (χ2v) is 4.39. The molecule has 0 saturated carbocycles. The highest BCUT2D eigenvalue weighted by atomic mass is 16.5. The molecule has 5 heteroatoms. The van der Waals surface area contributed by atoms with Crippen LogP contribution in [0.5, 0.6) is 0 Å². The number of hydrogen-bond acceptors (Lipinski definition) is 4. The summed E-state index contributed by atoms with van der Waals surface area (Å²) in [7, 11) is 0. The zero-order valence-corrected chi connectivity index (χ0v) is 9.60. The van der Waals surface area contributed by atoms with Gasteiger partial charge in [0.1, 0.15) is 6.10 Å². The fourth-order valence-corrected chi connectivity index (χ4v) is 2.31. The predicted octanol–water partition coefficient (Wildman–Crippen LogP) is -0.698. The monoisotopic (exact) mass is 228 g/mol. The third-order valence-electron chi connectivity index (χ3n) is 3.31. The highest BCUT2D eigenvalue weighted by Crippen LogP contribution is 2.15. The smallest absolute Gasteiger partial charge is 0.251 e. The van der Waals surface area contributed by atoms with Crippen LogP contribution in [0, 0.1) is 0 Å². The van der Waals surface area contributed by atoms with Crippen molar-refractivity contribution in [3.05, 3.63) is 0 Å². The van der Waals surface area contributed by atoms with E-state index in [1.807, 2.05) is 4.90 Å². The van der Waals surface area contributed by atoms with Crippen molar-refractivity contribution < 1.29 is 14.6 Å². The number of aliphatic hydroxyl groups excluding tert-OH is 1. The molecular weight excluding hydrogens is 208 g/mol. The van der Waals surface area contributed by atoms with Crippen LogP contribution in [0.1, 0.15) is 12.8 Å². The minimum atomic E-state index is -0.190. The highest BCUT2D eigenvalue weighted by Gasteiger charge is 2.29. The SMILES string of the molecule is O=C([C@H]1CCCO1)N1CCN(CCO)CC1. The van der Waals surface area contributed by atoms with Gasteiger partial charge >= 0.3 is 0 Å². The van der Waals surface area contributed by atoms with Crippen molar-refractivity contribution in [2.24, 2.45) is 0 Å². The topological polar surface area (TPSA) is 53.0 Å². The number of carbonyl (C=O) groups is 1. The summed E-state index contributed by atoms with van der Waals surface area (Å²) in [5, 5.41) is 8.82. The molecule has 0 bridgehead atoms. The van der Waals surface area contributed by atoms with Gasteiger partial charge in [-0.25, -0.2) is 0 Å². The molecule has 1 amide bonds. The first-order chi connectivity index (χ1) is 7.81. The molecule has 2 aliphatic heterocycles. The number of β-amino-alcohol motifs (C(OH)–C–C–N with tert-alkyl or cyclic N) is 1. The molecule has 2 saturated heterocycles. The van der Waals surface area contributed by atoms with E-state index in [-0.39, 0.29) is 18.6 Å². The van der Waals surface area contributed by atoms with Crippen LogP contribution in [-0.2, 0) is 9.53 Å². The molecule has 5 nitrogen and oxygen atoms in total. The fourth-order valence-electron chi connectivity index (χ4n) is 2.31. The predicted molar refractivity (Wildman–Crippen MR) is 59.1 cm³/mol. The summed E-state index contributed by atoms with van der Waals surface area (Å²) >= 11 is 0. The van der Waals surface area contributed by atoms with E-state index in [1.165, 1.54) is 0 Å². The second kappa shape index (κ2) is 5.61. The number of rotatable bonds is 3. The summed E-state index contributed by atoms with van der Waals surface area (Å²) in [5.74, 6) is 0.154. The Balaban J connectivity index is 1.77. The average molecular weight is 228 g/mol. The van der Waals surface area contributed by atoms with Gasteiger partial charge in [0.15, 0.2) is 0 Å². The summed E-state index contributed by atoms with van der Waals surface area (Å²) in [5.41, 5.74) is 0. The van der Waals surface area contributed by atoms with Gasteiger partial charge in [0.05, 0.1) is 6.61 Å². The summed E-state index contributed by atoms with van der Waals surface area (Å²) in [6, 6.07) is 0. The quantitative estimate of drug-likeness (QED) is 0.694. The third kappa shape index (κ3) is 2.72. The van der Waals surface area contributed by atoms with Gasteiger partial charge in [-0.05, 0) is 12.8 Å². The molecule has 0 aliphatic carbocycles. The highest BCUT2D eigenvalue weighted by molar-refractivity contribution is 5.81. The van der Waals surface area contributed by atoms with Crippen LogP contribution < -0.4 is 0 Å². The van der Waals surface area contributed by atoms with Crippen LogP contribution >= 0.6 is 0 Å². The first-order valence-corrected chi connectivity index (χ1v) is 6.05. The van der Waals surface area contributed by atoms with Crippen LogP contribution in [0.25, 0.3) is 0 Å². The number of nitrogens with zero attached hydrogens (tertiary/aromatic N) is 2. The Morgan fingerprint density at radius 2 is 2.06 bits per heavy atom. The van der Waals surface area contributed by atoms with Crippen molar-refractivity contribution in [3.8, 4) is 0 Å². The van der Waals surface area contributed by atoms with E-state index in [0.29, 0.717) is 6.54 Å². The maximum atomic E-state index is 12.0. The van der Waals surface area contributed by atoms with Crippen LogP contribution in [0.3, 0.4) is 0 Å². The number of amides is 1. The molecule has 0 aromatic heterocycles. The molecular formula is C11H20N2O3. The minimum Gasteiger partial charge on any atom is -0.395 e. The molecule has 16 heavy (non-hydrogen) atoms. The lowest BCUT2D eigenvalue weighted by molar-refractivity contribution is -0.142. The lowest BCUT2D eigenvalue weighted by atomic mass is 10.2. The second-order valence-electron chi connectivity index (χ2n) is 4.39. The Hall–Kier alpha value is -0.650. The van der Waals surface area contributed by atoms with Crippen molar-refractivity contribution in [3.63, 3.8) is 0 Å². The zero-order valence-electron chi connectivity index (χ0n) is 9.60. The lowest BCUT2D eigenvalue weighted by Crippen LogP contribution is -2.51. The van der Waals surface area contributed by atoms with Crippen LogP contribution in [0.4, 0.5) is 0 Å². The average Bonchev–Trinajstić information content (AvgIpc) is 2.83. The van der Waals surface area contributed by atoms with Crippen molar-refractivity contribution >= 4 is 5.91 Å². The number of piperazine rings is 1. The first-order valence-electron chi connectivity index (χ1n) is 6.05. The summed E-state index contributed by atoms with van der Waals surface area (Å²) in [4.78, 5) is 16.1. The zero-order chi connectivity index (χ0) is 11.4. The van der Waals surface area contributed by atoms with Gasteiger partial charge in [-0.3, -0.25) is 9.69 Å². The Kier molecular flexibility index (Phi) is 4.15. The molecule has 2 aliphatic rings. The molecule has 0 radical (unpaired) electrons. The van der Waals surface area contributed by atoms with E-state index < -0.39 is 0 Å². The maximum Gasteiger partial charge on any atom is 0.251 e. The van der Waals surface area contributed by atoms with E-state index in [0.717, 1.165) is 45.6 Å². The van der Waals surface area contributed by atoms with Gasteiger partial charge in [0.2, 0.25) is 0 Å². The summed E-state index contributed by atoms with van der Waals surface area (Å²) in [6.45, 7) is 4.87. The van der Waals surface area contributed by atoms with Crippen molar-refractivity contribution in [1.29, 1.82) is 0 Å². The molecule has 2 heterocycles. The standard InChI is InChI=1S/C11H20N2O3/c14-8-7-12-3-5-13(6-4-12)11(15)10-2-1-9-16-10/h10,14H,1-9H2/t10-/m1/s1. The van der Waals surface area contributed by atoms with Gasteiger partial charge < -0.3 is 14.7 Å². The van der Waals surface area contributed by atoms with Gasteiger partial charge in [-0.15, -0.1) is 0 Å². The van der Waals surface area contributed by atoms with Crippen LogP contribution in [0.2, 0.25) is 0 Å². The van der Waals surface area contributed by atoms with Crippen LogP contribution in [-0.4, -0.2) is 72.9 Å². The first kappa shape index (κ1) is 11.8. The molecule has 92 valence electrons. The van der Waals surface area contributed by atoms with E-state index in [4.69, 9.17) is 9.84 Å². The largest absolute Gasteiger partial charge is 0.395 e. The molecule has 0 unspecified atom stereocenters. The molecule has 1 N–H and O–H groups in total. The van der Waals surface area contributed by atoms with Gasteiger partial charge in [-0.1, -0.05) is 0 Å². The van der Waals surface area contributed by atoms with Crippen molar-refractivity contribution in [1.82, 2.24) is 9.80 Å². The Morgan fingerprint density at radius 3 is 2.62 bits per heavy atom. The number of carbonyl (C=O) groups excluding carboxylic acids is 1. The molecule has 1 atom stereocenters. The Morgan fingerprint density at radius 1 is 1.31 bits per heavy atom. The van der Waals surface area contributed by atoms with E-state index in [1.54, 1.807) is 0 Å². The third-order valence-corrected chi connectivity index (χ3v) is 3.31.